The van der Waals surface area contributed by atoms with E-state index >= 15 is 0 Å². The van der Waals surface area contributed by atoms with Gasteiger partial charge in [-0.3, -0.25) is 4.79 Å². The number of benzene rings is 1. The van der Waals surface area contributed by atoms with Crippen molar-refractivity contribution in [2.75, 3.05) is 13.1 Å². The fourth-order valence-corrected chi connectivity index (χ4v) is 3.58. The summed E-state index contributed by atoms with van der Waals surface area (Å²) < 4.78 is 43.7. The average molecular weight is 388 g/mol. The molecule has 2 N–H and O–H groups in total. The quantitative estimate of drug-likeness (QED) is 0.676. The number of carbonyl (C=O) groups excluding carboxylic acids is 1. The maximum atomic E-state index is 14.5. The van der Waals surface area contributed by atoms with Gasteiger partial charge in [-0.25, -0.2) is 13.8 Å². The predicted molar refractivity (Wildman–Crippen MR) is 98.8 cm³/mol. The zero-order chi connectivity index (χ0) is 19.7. The van der Waals surface area contributed by atoms with E-state index in [1.165, 1.54) is 24.5 Å². The van der Waals surface area contributed by atoms with Crippen LogP contribution in [0.15, 0.2) is 42.7 Å². The largest absolute Gasteiger partial charge is 0.346 e. The maximum absolute atomic E-state index is 14.5. The van der Waals surface area contributed by atoms with Gasteiger partial charge in [-0.1, -0.05) is 6.07 Å². The van der Waals surface area contributed by atoms with Crippen LogP contribution in [0.25, 0.3) is 10.9 Å². The molecule has 1 aliphatic heterocycles. The van der Waals surface area contributed by atoms with E-state index in [0.717, 1.165) is 0 Å². The summed E-state index contributed by atoms with van der Waals surface area (Å²) in [5.74, 6) is -1.67. The molecule has 2 aromatic heterocycles. The molecule has 3 heterocycles. The molecule has 0 spiro atoms. The van der Waals surface area contributed by atoms with Crippen LogP contribution in [-0.4, -0.2) is 40.8 Å². The summed E-state index contributed by atoms with van der Waals surface area (Å²) in [6.45, 7) is 1.02. The Bertz CT molecular complexity index is 1020. The molecular formula is C20H19F3N4O. The number of hydrogen-bond acceptors (Lipinski definition) is 3. The van der Waals surface area contributed by atoms with Crippen molar-refractivity contribution in [2.45, 2.75) is 25.2 Å². The molecule has 146 valence electrons. The van der Waals surface area contributed by atoms with Crippen LogP contribution in [0.5, 0.6) is 0 Å². The summed E-state index contributed by atoms with van der Waals surface area (Å²) in [6.07, 6.45) is 2.14. The van der Waals surface area contributed by atoms with Crippen molar-refractivity contribution in [3.05, 3.63) is 65.6 Å². The molecule has 1 aliphatic rings. The predicted octanol–water partition coefficient (Wildman–Crippen LogP) is 2.79. The molecule has 28 heavy (non-hydrogen) atoms. The number of alkyl halides is 1. The SMILES string of the molecule is O=C(NC1CCNC[C@@H]1F)c1cn(Cc2ccnc(F)c2)c2cccc(F)c12. The Labute approximate surface area is 159 Å². The van der Waals surface area contributed by atoms with Gasteiger partial charge >= 0.3 is 0 Å². The number of carbonyl (C=O) groups is 1. The first kappa shape index (κ1) is 18.5. The third-order valence-electron chi connectivity index (χ3n) is 4.97. The second-order valence-corrected chi connectivity index (χ2v) is 6.88. The monoisotopic (exact) mass is 388 g/mol. The first-order valence-electron chi connectivity index (χ1n) is 9.06. The number of nitrogens with zero attached hydrogens (tertiary/aromatic N) is 2. The fourth-order valence-electron chi connectivity index (χ4n) is 3.58. The van der Waals surface area contributed by atoms with E-state index in [1.54, 1.807) is 22.8 Å². The number of hydrogen-bond donors (Lipinski definition) is 2. The number of amides is 1. The molecule has 4 rings (SSSR count). The first-order chi connectivity index (χ1) is 13.5. The first-order valence-corrected chi connectivity index (χ1v) is 9.06. The number of pyridine rings is 1. The molecule has 1 unspecified atom stereocenters. The Morgan fingerprint density at radius 2 is 2.18 bits per heavy atom. The van der Waals surface area contributed by atoms with Crippen LogP contribution >= 0.6 is 0 Å². The van der Waals surface area contributed by atoms with Gasteiger partial charge in [-0.05, 0) is 42.8 Å². The lowest BCUT2D eigenvalue weighted by molar-refractivity contribution is 0.0893. The van der Waals surface area contributed by atoms with Crippen LogP contribution < -0.4 is 10.6 Å². The number of piperidine rings is 1. The number of aromatic nitrogens is 2. The van der Waals surface area contributed by atoms with Gasteiger partial charge in [-0.15, -0.1) is 0 Å². The smallest absolute Gasteiger partial charge is 0.253 e. The molecule has 0 aliphatic carbocycles. The molecule has 2 atom stereocenters. The van der Waals surface area contributed by atoms with E-state index < -0.39 is 29.9 Å². The Hall–Kier alpha value is -2.87. The van der Waals surface area contributed by atoms with Crippen molar-refractivity contribution in [1.82, 2.24) is 20.2 Å². The molecule has 0 radical (unpaired) electrons. The van der Waals surface area contributed by atoms with E-state index in [1.807, 2.05) is 0 Å². The molecule has 1 fully saturated rings. The second-order valence-electron chi connectivity index (χ2n) is 6.88. The normalized spacial score (nSPS) is 19.7. The minimum absolute atomic E-state index is 0.133. The van der Waals surface area contributed by atoms with Gasteiger partial charge < -0.3 is 15.2 Å². The highest BCUT2D eigenvalue weighted by atomic mass is 19.1. The van der Waals surface area contributed by atoms with Crippen molar-refractivity contribution in [3.63, 3.8) is 0 Å². The lowest BCUT2D eigenvalue weighted by atomic mass is 10.0. The lowest BCUT2D eigenvalue weighted by Crippen LogP contribution is -2.50. The summed E-state index contributed by atoms with van der Waals surface area (Å²) in [4.78, 5) is 16.3. The van der Waals surface area contributed by atoms with E-state index in [0.29, 0.717) is 24.0 Å². The summed E-state index contributed by atoms with van der Waals surface area (Å²) in [7, 11) is 0. The third kappa shape index (κ3) is 3.60. The van der Waals surface area contributed by atoms with Crippen LogP contribution in [0.2, 0.25) is 0 Å². The molecule has 8 heteroatoms. The highest BCUT2D eigenvalue weighted by molar-refractivity contribution is 6.07. The van der Waals surface area contributed by atoms with Crippen LogP contribution in [0.1, 0.15) is 22.3 Å². The molecule has 5 nitrogen and oxygen atoms in total. The van der Waals surface area contributed by atoms with Crippen molar-refractivity contribution in [3.8, 4) is 0 Å². The van der Waals surface area contributed by atoms with Gasteiger partial charge in [0.25, 0.3) is 5.91 Å². The Morgan fingerprint density at radius 3 is 2.96 bits per heavy atom. The van der Waals surface area contributed by atoms with Crippen molar-refractivity contribution >= 4 is 16.8 Å². The van der Waals surface area contributed by atoms with E-state index in [-0.39, 0.29) is 24.0 Å². The van der Waals surface area contributed by atoms with Gasteiger partial charge in [0.05, 0.1) is 17.1 Å². The highest BCUT2D eigenvalue weighted by Gasteiger charge is 2.28. The molecule has 3 aromatic rings. The van der Waals surface area contributed by atoms with Crippen molar-refractivity contribution in [1.29, 1.82) is 0 Å². The molecule has 0 saturated carbocycles. The number of rotatable bonds is 4. The van der Waals surface area contributed by atoms with Crippen molar-refractivity contribution < 1.29 is 18.0 Å². The Balaban J connectivity index is 1.69. The van der Waals surface area contributed by atoms with Gasteiger partial charge in [0.15, 0.2) is 0 Å². The van der Waals surface area contributed by atoms with Crippen LogP contribution in [0, 0.1) is 11.8 Å². The summed E-state index contributed by atoms with van der Waals surface area (Å²) in [5, 5.41) is 5.78. The van der Waals surface area contributed by atoms with Crippen molar-refractivity contribution in [2.24, 2.45) is 0 Å². The fraction of sp³-hybridized carbons (Fsp3) is 0.300. The maximum Gasteiger partial charge on any atom is 0.253 e. The number of fused-ring (bicyclic) bond motifs is 1. The topological polar surface area (TPSA) is 59.0 Å². The van der Waals surface area contributed by atoms with E-state index in [4.69, 9.17) is 0 Å². The third-order valence-corrected chi connectivity index (χ3v) is 4.97. The van der Waals surface area contributed by atoms with Gasteiger partial charge in [-0.2, -0.15) is 4.39 Å². The second kappa shape index (κ2) is 7.63. The zero-order valence-electron chi connectivity index (χ0n) is 15.0. The highest BCUT2D eigenvalue weighted by Crippen LogP contribution is 2.26. The summed E-state index contributed by atoms with van der Waals surface area (Å²) in [5.41, 5.74) is 1.26. The van der Waals surface area contributed by atoms with Crippen LogP contribution in [0.3, 0.4) is 0 Å². The molecule has 1 amide bonds. The van der Waals surface area contributed by atoms with Crippen LogP contribution in [0.4, 0.5) is 13.2 Å². The standard InChI is InChI=1S/C20H19F3N4O/c21-14-2-1-3-17-19(14)13(20(28)26-16-5-6-24-9-15(16)22)11-27(17)10-12-4-7-25-18(23)8-12/h1-4,7-8,11,15-16,24H,5-6,9-10H2,(H,26,28)/t15-,16?/m0/s1. The molecule has 0 bridgehead atoms. The van der Waals surface area contributed by atoms with Gasteiger partial charge in [0, 0.05) is 30.9 Å². The Kier molecular flexibility index (Phi) is 5.04. The van der Waals surface area contributed by atoms with Gasteiger partial charge in [0.2, 0.25) is 5.95 Å². The molecule has 1 saturated heterocycles. The Morgan fingerprint density at radius 1 is 1.32 bits per heavy atom. The number of nitrogens with one attached hydrogen (secondary N) is 2. The zero-order valence-corrected chi connectivity index (χ0v) is 15.0. The minimum atomic E-state index is -1.20. The summed E-state index contributed by atoms with van der Waals surface area (Å²) >= 11 is 0. The lowest BCUT2D eigenvalue weighted by Gasteiger charge is -2.27. The summed E-state index contributed by atoms with van der Waals surface area (Å²) in [6, 6.07) is 6.83. The van der Waals surface area contributed by atoms with E-state index in [2.05, 4.69) is 15.6 Å². The van der Waals surface area contributed by atoms with Crippen LogP contribution in [-0.2, 0) is 6.54 Å². The van der Waals surface area contributed by atoms with Gasteiger partial charge in [0.1, 0.15) is 12.0 Å². The minimum Gasteiger partial charge on any atom is -0.346 e. The van der Waals surface area contributed by atoms with E-state index in [9.17, 15) is 18.0 Å². The molecular weight excluding hydrogens is 369 g/mol. The average Bonchev–Trinajstić information content (AvgIpc) is 3.04. The number of halogens is 3. The molecule has 1 aromatic carbocycles.